The minimum Gasteiger partial charge on any atom is -0.363 e. The molecule has 1 saturated heterocycles. The van der Waals surface area contributed by atoms with Crippen LogP contribution in [-0.2, 0) is 0 Å². The molecule has 0 saturated carbocycles. The van der Waals surface area contributed by atoms with Gasteiger partial charge in [-0.05, 0) is 26.0 Å². The van der Waals surface area contributed by atoms with Crippen LogP contribution in [0.3, 0.4) is 0 Å². The standard InChI is InChI=1S/C19H25FN6O/c1-13-15(20)6-5-7-16(13)23-19(27)26-10-8-25(9-11-26)18-12-17(24(3)4)21-14(2)22-18/h5-7,12H,8-11H2,1-4H3,(H,23,27). The highest BCUT2D eigenvalue weighted by atomic mass is 19.1. The summed E-state index contributed by atoms with van der Waals surface area (Å²) in [5.74, 6) is 2.12. The Kier molecular flexibility index (Phi) is 5.43. The van der Waals surface area contributed by atoms with E-state index in [4.69, 9.17) is 0 Å². The molecular formula is C19H25FN6O. The van der Waals surface area contributed by atoms with Gasteiger partial charge < -0.3 is 20.0 Å². The van der Waals surface area contributed by atoms with Crippen LogP contribution in [-0.4, -0.2) is 61.2 Å². The number of aryl methyl sites for hydroxylation is 1. The highest BCUT2D eigenvalue weighted by molar-refractivity contribution is 5.90. The van der Waals surface area contributed by atoms with Crippen molar-refractivity contribution in [2.45, 2.75) is 13.8 Å². The Morgan fingerprint density at radius 1 is 1.15 bits per heavy atom. The lowest BCUT2D eigenvalue weighted by Crippen LogP contribution is -2.50. The monoisotopic (exact) mass is 372 g/mol. The SMILES string of the molecule is Cc1nc(N(C)C)cc(N2CCN(C(=O)Nc3cccc(F)c3C)CC2)n1. The summed E-state index contributed by atoms with van der Waals surface area (Å²) < 4.78 is 13.6. The molecule has 1 aliphatic rings. The van der Waals surface area contributed by atoms with Crippen LogP contribution in [0.1, 0.15) is 11.4 Å². The summed E-state index contributed by atoms with van der Waals surface area (Å²) >= 11 is 0. The number of carbonyl (C=O) groups excluding carboxylic acids is 1. The molecule has 0 unspecified atom stereocenters. The van der Waals surface area contributed by atoms with Crippen molar-refractivity contribution >= 4 is 23.4 Å². The molecule has 2 heterocycles. The third kappa shape index (κ3) is 4.27. The summed E-state index contributed by atoms with van der Waals surface area (Å²) in [6.45, 7) is 6.03. The summed E-state index contributed by atoms with van der Waals surface area (Å²) in [6, 6.07) is 6.43. The number of benzene rings is 1. The van der Waals surface area contributed by atoms with Crippen molar-refractivity contribution in [1.82, 2.24) is 14.9 Å². The predicted octanol–water partition coefficient (Wildman–Crippen LogP) is 2.65. The average molecular weight is 372 g/mol. The quantitative estimate of drug-likeness (QED) is 0.897. The van der Waals surface area contributed by atoms with Gasteiger partial charge in [-0.3, -0.25) is 0 Å². The lowest BCUT2D eigenvalue weighted by atomic mass is 10.2. The van der Waals surface area contributed by atoms with Crippen LogP contribution in [0.25, 0.3) is 0 Å². The number of urea groups is 1. The number of nitrogens with one attached hydrogen (secondary N) is 1. The maximum atomic E-state index is 13.6. The fraction of sp³-hybridized carbons (Fsp3) is 0.421. The number of amides is 2. The Morgan fingerprint density at radius 2 is 1.85 bits per heavy atom. The van der Waals surface area contributed by atoms with Gasteiger partial charge in [0.2, 0.25) is 0 Å². The molecule has 1 N–H and O–H groups in total. The van der Waals surface area contributed by atoms with E-state index < -0.39 is 0 Å². The number of hydrogen-bond acceptors (Lipinski definition) is 5. The first kappa shape index (κ1) is 18.9. The zero-order valence-corrected chi connectivity index (χ0v) is 16.2. The van der Waals surface area contributed by atoms with Crippen LogP contribution in [0.4, 0.5) is 26.5 Å². The fourth-order valence-electron chi connectivity index (χ4n) is 3.00. The van der Waals surface area contributed by atoms with Crippen molar-refractivity contribution in [1.29, 1.82) is 0 Å². The topological polar surface area (TPSA) is 64.6 Å². The number of piperazine rings is 1. The Bertz CT molecular complexity index is 833. The highest BCUT2D eigenvalue weighted by Crippen LogP contribution is 2.21. The van der Waals surface area contributed by atoms with Crippen LogP contribution in [0.15, 0.2) is 24.3 Å². The number of nitrogens with zero attached hydrogens (tertiary/aromatic N) is 5. The van der Waals surface area contributed by atoms with Crippen molar-refractivity contribution in [2.75, 3.05) is 55.4 Å². The molecule has 0 radical (unpaired) electrons. The van der Waals surface area contributed by atoms with Gasteiger partial charge in [0.15, 0.2) is 0 Å². The van der Waals surface area contributed by atoms with Gasteiger partial charge in [-0.15, -0.1) is 0 Å². The first-order valence-corrected chi connectivity index (χ1v) is 8.94. The van der Waals surface area contributed by atoms with E-state index in [0.29, 0.717) is 37.4 Å². The molecule has 2 aromatic rings. The van der Waals surface area contributed by atoms with Crippen molar-refractivity contribution in [3.63, 3.8) is 0 Å². The number of halogens is 1. The van der Waals surface area contributed by atoms with Gasteiger partial charge >= 0.3 is 6.03 Å². The first-order chi connectivity index (χ1) is 12.8. The van der Waals surface area contributed by atoms with Gasteiger partial charge in [-0.1, -0.05) is 6.07 Å². The van der Waals surface area contributed by atoms with Gasteiger partial charge in [0.25, 0.3) is 0 Å². The Labute approximate surface area is 158 Å². The molecule has 0 atom stereocenters. The second kappa shape index (κ2) is 7.77. The highest BCUT2D eigenvalue weighted by Gasteiger charge is 2.23. The number of anilines is 3. The lowest BCUT2D eigenvalue weighted by molar-refractivity contribution is 0.208. The van der Waals surface area contributed by atoms with E-state index in [1.54, 1.807) is 24.0 Å². The smallest absolute Gasteiger partial charge is 0.321 e. The van der Waals surface area contributed by atoms with Crippen LogP contribution in [0.5, 0.6) is 0 Å². The summed E-state index contributed by atoms with van der Waals surface area (Å²) in [5.41, 5.74) is 0.946. The van der Waals surface area contributed by atoms with E-state index in [2.05, 4.69) is 20.2 Å². The van der Waals surface area contributed by atoms with E-state index in [-0.39, 0.29) is 11.8 Å². The Hall–Kier alpha value is -2.90. The van der Waals surface area contributed by atoms with E-state index >= 15 is 0 Å². The van der Waals surface area contributed by atoms with Gasteiger partial charge in [0.05, 0.1) is 0 Å². The van der Waals surface area contributed by atoms with E-state index in [0.717, 1.165) is 17.5 Å². The first-order valence-electron chi connectivity index (χ1n) is 8.94. The van der Waals surface area contributed by atoms with Crippen LogP contribution >= 0.6 is 0 Å². The van der Waals surface area contributed by atoms with Crippen LogP contribution < -0.4 is 15.1 Å². The largest absolute Gasteiger partial charge is 0.363 e. The number of aromatic nitrogens is 2. The molecule has 8 heteroatoms. The molecule has 2 amide bonds. The van der Waals surface area contributed by atoms with Gasteiger partial charge in [-0.2, -0.15) is 0 Å². The van der Waals surface area contributed by atoms with Crippen molar-refractivity contribution in [3.8, 4) is 0 Å². The minimum absolute atomic E-state index is 0.212. The predicted molar refractivity (Wildman–Crippen MR) is 105 cm³/mol. The zero-order chi connectivity index (χ0) is 19.6. The summed E-state index contributed by atoms with van der Waals surface area (Å²) in [7, 11) is 3.89. The second-order valence-corrected chi connectivity index (χ2v) is 6.84. The Morgan fingerprint density at radius 3 is 2.52 bits per heavy atom. The lowest BCUT2D eigenvalue weighted by Gasteiger charge is -2.35. The normalized spacial score (nSPS) is 14.3. The number of rotatable bonds is 3. The minimum atomic E-state index is -0.326. The molecule has 1 aromatic heterocycles. The Balaban J connectivity index is 1.63. The van der Waals surface area contributed by atoms with Crippen molar-refractivity contribution in [2.24, 2.45) is 0 Å². The number of hydrogen-bond donors (Lipinski definition) is 1. The summed E-state index contributed by atoms with van der Waals surface area (Å²) in [6.07, 6.45) is 0. The molecule has 1 aromatic carbocycles. The third-order valence-corrected chi connectivity index (χ3v) is 4.67. The van der Waals surface area contributed by atoms with Crippen LogP contribution in [0.2, 0.25) is 0 Å². The van der Waals surface area contributed by atoms with Crippen molar-refractivity contribution in [3.05, 3.63) is 41.5 Å². The number of carbonyl (C=O) groups is 1. The van der Waals surface area contributed by atoms with Gasteiger partial charge in [0.1, 0.15) is 23.3 Å². The molecule has 0 spiro atoms. The van der Waals surface area contributed by atoms with E-state index in [9.17, 15) is 9.18 Å². The molecule has 7 nitrogen and oxygen atoms in total. The molecule has 0 aliphatic carbocycles. The second-order valence-electron chi connectivity index (χ2n) is 6.84. The molecule has 0 bridgehead atoms. The van der Waals surface area contributed by atoms with E-state index in [1.165, 1.54) is 6.07 Å². The maximum absolute atomic E-state index is 13.6. The summed E-state index contributed by atoms with van der Waals surface area (Å²) in [5, 5.41) is 2.80. The zero-order valence-electron chi connectivity index (χ0n) is 16.2. The maximum Gasteiger partial charge on any atom is 0.321 e. The van der Waals surface area contributed by atoms with Gasteiger partial charge in [0, 0.05) is 57.6 Å². The van der Waals surface area contributed by atoms with E-state index in [1.807, 2.05) is 32.0 Å². The molecule has 1 aliphatic heterocycles. The van der Waals surface area contributed by atoms with Crippen molar-refractivity contribution < 1.29 is 9.18 Å². The third-order valence-electron chi connectivity index (χ3n) is 4.67. The van der Waals surface area contributed by atoms with Crippen LogP contribution in [0, 0.1) is 19.7 Å². The molecule has 27 heavy (non-hydrogen) atoms. The molecular weight excluding hydrogens is 347 g/mol. The van der Waals surface area contributed by atoms with Gasteiger partial charge in [-0.25, -0.2) is 19.2 Å². The summed E-state index contributed by atoms with van der Waals surface area (Å²) in [4.78, 5) is 27.3. The molecule has 1 fully saturated rings. The molecule has 3 rings (SSSR count). The fourth-order valence-corrected chi connectivity index (χ4v) is 3.00. The molecule has 144 valence electrons. The average Bonchev–Trinajstić information content (AvgIpc) is 2.65.